The smallest absolute Gasteiger partial charge is 0.0864 e. The third-order valence-electron chi connectivity index (χ3n) is 2.33. The van der Waals surface area contributed by atoms with E-state index < -0.39 is 6.10 Å². The minimum atomic E-state index is -0.637. The van der Waals surface area contributed by atoms with Gasteiger partial charge < -0.3 is 15.5 Å². The molecule has 1 atom stereocenters. The van der Waals surface area contributed by atoms with Gasteiger partial charge in [0.15, 0.2) is 0 Å². The minimum absolute atomic E-state index is 0.177. The number of aliphatic hydroxyl groups excluding tert-OH is 2. The van der Waals surface area contributed by atoms with Crippen LogP contribution in [0.3, 0.4) is 0 Å². The molecule has 0 spiro atoms. The van der Waals surface area contributed by atoms with Crippen molar-refractivity contribution in [1.82, 2.24) is 5.32 Å². The lowest BCUT2D eigenvalue weighted by Crippen LogP contribution is -2.14. The van der Waals surface area contributed by atoms with Gasteiger partial charge >= 0.3 is 0 Å². The first-order chi connectivity index (χ1) is 7.67. The highest BCUT2D eigenvalue weighted by Gasteiger charge is 2.04. The fourth-order valence-electron chi connectivity index (χ4n) is 1.39. The van der Waals surface area contributed by atoms with Crippen LogP contribution in [-0.4, -0.2) is 35.7 Å². The molecule has 1 unspecified atom stereocenters. The number of nitrogens with one attached hydrogen (secondary N) is 1. The van der Waals surface area contributed by atoms with Crippen LogP contribution in [0.4, 0.5) is 0 Å². The average Bonchev–Trinajstić information content (AvgIpc) is 2.29. The molecule has 0 saturated heterocycles. The molecule has 0 aliphatic carbocycles. The third-order valence-corrected chi connectivity index (χ3v) is 3.47. The zero-order valence-corrected chi connectivity index (χ0v) is 10.5. The van der Waals surface area contributed by atoms with Gasteiger partial charge in [0.1, 0.15) is 0 Å². The molecule has 0 fully saturated rings. The second-order valence-electron chi connectivity index (χ2n) is 3.77. The van der Waals surface area contributed by atoms with Gasteiger partial charge in [0.25, 0.3) is 0 Å². The molecule has 16 heavy (non-hydrogen) atoms. The van der Waals surface area contributed by atoms with E-state index in [4.69, 9.17) is 5.11 Å². The van der Waals surface area contributed by atoms with Crippen molar-refractivity contribution in [2.45, 2.75) is 24.5 Å². The van der Waals surface area contributed by atoms with Gasteiger partial charge in [0, 0.05) is 17.2 Å². The molecule has 1 rings (SSSR count). The number of aryl methyl sites for hydroxylation is 1. The molecule has 0 aromatic heterocycles. The first-order valence-electron chi connectivity index (χ1n) is 5.33. The fourth-order valence-corrected chi connectivity index (χ4v) is 2.31. The molecule has 0 amide bonds. The molecule has 0 aliphatic rings. The Morgan fingerprint density at radius 1 is 1.44 bits per heavy atom. The van der Waals surface area contributed by atoms with E-state index >= 15 is 0 Å². The fraction of sp³-hybridized carbons (Fsp3) is 0.500. The van der Waals surface area contributed by atoms with Crippen molar-refractivity contribution < 1.29 is 10.2 Å². The predicted molar refractivity (Wildman–Crippen MR) is 67.8 cm³/mol. The highest BCUT2D eigenvalue weighted by atomic mass is 32.2. The normalized spacial score (nSPS) is 12.8. The van der Waals surface area contributed by atoms with Gasteiger partial charge in [-0.05, 0) is 37.2 Å². The van der Waals surface area contributed by atoms with E-state index in [0.29, 0.717) is 5.75 Å². The number of aliphatic hydroxyl groups is 2. The maximum absolute atomic E-state index is 9.25. The summed E-state index contributed by atoms with van der Waals surface area (Å²) in [5, 5.41) is 21.1. The van der Waals surface area contributed by atoms with Gasteiger partial charge in [0.2, 0.25) is 0 Å². The number of thioether (sulfide) groups is 1. The summed E-state index contributed by atoms with van der Waals surface area (Å²) < 4.78 is 0. The van der Waals surface area contributed by atoms with Crippen molar-refractivity contribution in [2.24, 2.45) is 0 Å². The average molecular weight is 241 g/mol. The molecular weight excluding hydrogens is 222 g/mol. The molecule has 1 aromatic rings. The van der Waals surface area contributed by atoms with Crippen LogP contribution in [0.25, 0.3) is 0 Å². The second kappa shape index (κ2) is 6.91. The third kappa shape index (κ3) is 4.14. The topological polar surface area (TPSA) is 52.5 Å². The van der Waals surface area contributed by atoms with Crippen LogP contribution >= 0.6 is 11.8 Å². The highest BCUT2D eigenvalue weighted by Crippen LogP contribution is 2.22. The summed E-state index contributed by atoms with van der Waals surface area (Å²) in [5.41, 5.74) is 2.53. The quantitative estimate of drug-likeness (QED) is 0.654. The van der Waals surface area contributed by atoms with Gasteiger partial charge in [0.05, 0.1) is 12.7 Å². The Balaban J connectivity index is 2.59. The first-order valence-corrected chi connectivity index (χ1v) is 6.31. The van der Waals surface area contributed by atoms with E-state index in [0.717, 1.165) is 11.4 Å². The van der Waals surface area contributed by atoms with E-state index in [1.165, 1.54) is 11.1 Å². The van der Waals surface area contributed by atoms with E-state index in [9.17, 15) is 5.11 Å². The molecule has 4 heteroatoms. The van der Waals surface area contributed by atoms with Crippen molar-refractivity contribution in [3.63, 3.8) is 0 Å². The lowest BCUT2D eigenvalue weighted by Gasteiger charge is -2.09. The zero-order chi connectivity index (χ0) is 12.0. The molecule has 3 N–H and O–H groups in total. The van der Waals surface area contributed by atoms with Gasteiger partial charge in [-0.25, -0.2) is 0 Å². The number of benzene rings is 1. The Kier molecular flexibility index (Phi) is 5.84. The van der Waals surface area contributed by atoms with Crippen molar-refractivity contribution in [3.8, 4) is 0 Å². The number of hydrogen-bond acceptors (Lipinski definition) is 4. The van der Waals surface area contributed by atoms with Crippen molar-refractivity contribution in [1.29, 1.82) is 0 Å². The zero-order valence-electron chi connectivity index (χ0n) is 9.73. The van der Waals surface area contributed by atoms with Crippen LogP contribution in [0.5, 0.6) is 0 Å². The predicted octanol–water partition coefficient (Wildman–Crippen LogP) is 1.16. The van der Waals surface area contributed by atoms with E-state index in [-0.39, 0.29) is 6.61 Å². The van der Waals surface area contributed by atoms with Crippen molar-refractivity contribution in [3.05, 3.63) is 29.3 Å². The molecule has 0 aliphatic heterocycles. The van der Waals surface area contributed by atoms with Gasteiger partial charge in [-0.3, -0.25) is 0 Å². The largest absolute Gasteiger partial charge is 0.394 e. The summed E-state index contributed by atoms with van der Waals surface area (Å²) >= 11 is 1.56. The van der Waals surface area contributed by atoms with Crippen molar-refractivity contribution in [2.75, 3.05) is 19.4 Å². The van der Waals surface area contributed by atoms with Gasteiger partial charge in [-0.1, -0.05) is 6.07 Å². The second-order valence-corrected chi connectivity index (χ2v) is 4.86. The maximum Gasteiger partial charge on any atom is 0.0864 e. The summed E-state index contributed by atoms with van der Waals surface area (Å²) in [4.78, 5) is 1.13. The Bertz CT molecular complexity index is 331. The van der Waals surface area contributed by atoms with Crippen LogP contribution in [-0.2, 0) is 6.54 Å². The molecule has 0 saturated carbocycles. The van der Waals surface area contributed by atoms with Crippen molar-refractivity contribution >= 4 is 11.8 Å². The standard InChI is InChI=1S/C12H19NO2S/c1-9-5-12(16-8-11(15)7-14)4-3-10(9)6-13-2/h3-5,11,13-15H,6-8H2,1-2H3. The minimum Gasteiger partial charge on any atom is -0.394 e. The van der Waals surface area contributed by atoms with Crippen LogP contribution < -0.4 is 5.32 Å². The van der Waals surface area contributed by atoms with Gasteiger partial charge in [-0.2, -0.15) is 0 Å². The number of hydrogen-bond donors (Lipinski definition) is 3. The van der Waals surface area contributed by atoms with Crippen LogP contribution in [0.1, 0.15) is 11.1 Å². The summed E-state index contributed by atoms with van der Waals surface area (Å²) in [6.07, 6.45) is -0.637. The highest BCUT2D eigenvalue weighted by molar-refractivity contribution is 7.99. The van der Waals surface area contributed by atoms with E-state index in [2.05, 4.69) is 30.4 Å². The molecule has 0 radical (unpaired) electrons. The Morgan fingerprint density at radius 3 is 2.75 bits per heavy atom. The Morgan fingerprint density at radius 2 is 2.19 bits per heavy atom. The number of rotatable bonds is 6. The molecular formula is C12H19NO2S. The monoisotopic (exact) mass is 241 g/mol. The molecule has 0 bridgehead atoms. The summed E-state index contributed by atoms with van der Waals surface area (Å²) in [7, 11) is 1.93. The molecule has 0 heterocycles. The molecule has 3 nitrogen and oxygen atoms in total. The Hall–Kier alpha value is -0.550. The van der Waals surface area contributed by atoms with E-state index in [1.807, 2.05) is 7.05 Å². The Labute approximate surface area is 101 Å². The lowest BCUT2D eigenvalue weighted by molar-refractivity contribution is 0.113. The van der Waals surface area contributed by atoms with Crippen LogP contribution in [0, 0.1) is 6.92 Å². The SMILES string of the molecule is CNCc1ccc(SCC(O)CO)cc1C. The van der Waals surface area contributed by atoms with Crippen LogP contribution in [0.2, 0.25) is 0 Å². The summed E-state index contributed by atoms with van der Waals surface area (Å²) in [6.45, 7) is 2.78. The lowest BCUT2D eigenvalue weighted by atomic mass is 10.1. The van der Waals surface area contributed by atoms with E-state index in [1.54, 1.807) is 11.8 Å². The summed E-state index contributed by atoms with van der Waals surface area (Å²) in [5.74, 6) is 0.529. The maximum atomic E-state index is 9.25. The van der Waals surface area contributed by atoms with Crippen LogP contribution in [0.15, 0.2) is 23.1 Å². The molecule has 90 valence electrons. The summed E-state index contributed by atoms with van der Waals surface area (Å²) in [6, 6.07) is 6.26. The van der Waals surface area contributed by atoms with Gasteiger partial charge in [-0.15, -0.1) is 11.8 Å². The molecule has 1 aromatic carbocycles. The first kappa shape index (κ1) is 13.5.